The molecule has 0 fully saturated rings. The molecule has 2 unspecified atom stereocenters. The van der Waals surface area contributed by atoms with E-state index in [2.05, 4.69) is 6.92 Å². The van der Waals surface area contributed by atoms with Crippen LogP contribution < -0.4 is 0 Å². The molecule has 0 aromatic heterocycles. The maximum atomic E-state index is 7.71. The monoisotopic (exact) mass is 198 g/mol. The second-order valence-corrected chi connectivity index (χ2v) is 3.66. The van der Waals surface area contributed by atoms with Crippen LogP contribution in [0.25, 0.3) is 0 Å². The first-order valence-electron chi connectivity index (χ1n) is 5.24. The van der Waals surface area contributed by atoms with Crippen molar-refractivity contribution in [3.63, 3.8) is 0 Å². The molecule has 3 nitrogen and oxygen atoms in total. The molecule has 0 aliphatic rings. The number of hydrogen-bond donors (Lipinski definition) is 2. The Kier molecular flexibility index (Phi) is 7.30. The third-order valence-electron chi connectivity index (χ3n) is 2.69. The smallest absolute Gasteiger partial charge is 0.0916 e. The van der Waals surface area contributed by atoms with Gasteiger partial charge in [-0.3, -0.25) is 0 Å². The molecule has 0 aromatic carbocycles. The van der Waals surface area contributed by atoms with Crippen LogP contribution in [0.2, 0.25) is 0 Å². The molecule has 2 atom stereocenters. The molecule has 0 aliphatic heterocycles. The Balaban J connectivity index is 3.78. The van der Waals surface area contributed by atoms with Gasteiger partial charge in [0.05, 0.1) is 6.10 Å². The number of rotatable bonds is 8. The lowest BCUT2D eigenvalue weighted by Gasteiger charge is -2.15. The SMILES string of the molecule is CCC(CC=N)CCC(=N)C(C)OC. The predicted molar refractivity (Wildman–Crippen MR) is 60.6 cm³/mol. The predicted octanol–water partition coefficient (Wildman–Crippen LogP) is 2.89. The Morgan fingerprint density at radius 3 is 2.57 bits per heavy atom. The molecule has 14 heavy (non-hydrogen) atoms. The van der Waals surface area contributed by atoms with Crippen molar-refractivity contribution in [3.8, 4) is 0 Å². The van der Waals surface area contributed by atoms with Crippen molar-refractivity contribution in [2.45, 2.75) is 45.6 Å². The van der Waals surface area contributed by atoms with Crippen LogP contribution in [0.4, 0.5) is 0 Å². The lowest BCUT2D eigenvalue weighted by molar-refractivity contribution is 0.167. The summed E-state index contributed by atoms with van der Waals surface area (Å²) in [6.45, 7) is 4.04. The number of ether oxygens (including phenoxy) is 1. The Labute approximate surface area is 86.9 Å². The second-order valence-electron chi connectivity index (χ2n) is 3.66. The van der Waals surface area contributed by atoms with Gasteiger partial charge in [-0.05, 0) is 38.3 Å². The maximum Gasteiger partial charge on any atom is 0.0916 e. The molecule has 0 radical (unpaired) electrons. The third-order valence-corrected chi connectivity index (χ3v) is 2.69. The van der Waals surface area contributed by atoms with Crippen molar-refractivity contribution in [3.05, 3.63) is 0 Å². The average molecular weight is 198 g/mol. The van der Waals surface area contributed by atoms with E-state index in [1.54, 1.807) is 7.11 Å². The molecule has 0 rings (SSSR count). The van der Waals surface area contributed by atoms with Crippen molar-refractivity contribution in [2.75, 3.05) is 7.11 Å². The van der Waals surface area contributed by atoms with E-state index in [4.69, 9.17) is 15.6 Å². The van der Waals surface area contributed by atoms with Gasteiger partial charge in [0, 0.05) is 12.8 Å². The zero-order valence-electron chi connectivity index (χ0n) is 9.47. The van der Waals surface area contributed by atoms with E-state index in [9.17, 15) is 0 Å². The highest BCUT2D eigenvalue weighted by atomic mass is 16.5. The molecule has 82 valence electrons. The standard InChI is InChI=1S/C11H22N2O/c1-4-10(7-8-12)5-6-11(13)9(2)14-3/h8-10,12-13H,4-7H2,1-3H3. The van der Waals surface area contributed by atoms with Crippen molar-refractivity contribution in [1.82, 2.24) is 0 Å². The van der Waals surface area contributed by atoms with Crippen molar-refractivity contribution < 1.29 is 4.74 Å². The van der Waals surface area contributed by atoms with Crippen LogP contribution in [0.1, 0.15) is 39.5 Å². The quantitative estimate of drug-likeness (QED) is 0.579. The van der Waals surface area contributed by atoms with Crippen LogP contribution in [0, 0.1) is 16.7 Å². The molecule has 3 heteroatoms. The van der Waals surface area contributed by atoms with Gasteiger partial charge >= 0.3 is 0 Å². The van der Waals surface area contributed by atoms with Crippen LogP contribution >= 0.6 is 0 Å². The van der Waals surface area contributed by atoms with Crippen LogP contribution in [-0.4, -0.2) is 25.1 Å². The van der Waals surface area contributed by atoms with Crippen LogP contribution in [0.5, 0.6) is 0 Å². The van der Waals surface area contributed by atoms with Gasteiger partial charge in [0.1, 0.15) is 0 Å². The Bertz CT molecular complexity index is 180. The summed E-state index contributed by atoms with van der Waals surface area (Å²) in [5.41, 5.74) is 0.663. The minimum Gasteiger partial charge on any atom is -0.376 e. The number of hydrogen-bond acceptors (Lipinski definition) is 3. The second kappa shape index (κ2) is 7.68. The van der Waals surface area contributed by atoms with Crippen molar-refractivity contribution >= 4 is 11.9 Å². The van der Waals surface area contributed by atoms with E-state index in [-0.39, 0.29) is 6.10 Å². The first kappa shape index (κ1) is 13.3. The highest BCUT2D eigenvalue weighted by Gasteiger charge is 2.10. The topological polar surface area (TPSA) is 56.9 Å². The summed E-state index contributed by atoms with van der Waals surface area (Å²) < 4.78 is 5.07. The summed E-state index contributed by atoms with van der Waals surface area (Å²) in [5, 5.41) is 14.8. The van der Waals surface area contributed by atoms with Crippen LogP contribution in [-0.2, 0) is 4.74 Å². The molecule has 0 aliphatic carbocycles. The number of methoxy groups -OCH3 is 1. The van der Waals surface area contributed by atoms with E-state index < -0.39 is 0 Å². The fraction of sp³-hybridized carbons (Fsp3) is 0.818. The molecule has 2 N–H and O–H groups in total. The van der Waals surface area contributed by atoms with Crippen LogP contribution in [0.3, 0.4) is 0 Å². The zero-order chi connectivity index (χ0) is 11.0. The van der Waals surface area contributed by atoms with Crippen LogP contribution in [0.15, 0.2) is 0 Å². The first-order chi connectivity index (χ1) is 6.65. The summed E-state index contributed by atoms with van der Waals surface area (Å²) in [6.07, 6.45) is 5.12. The molecule has 0 amide bonds. The van der Waals surface area contributed by atoms with Gasteiger partial charge in [-0.15, -0.1) is 0 Å². The highest BCUT2D eigenvalue weighted by Crippen LogP contribution is 2.15. The fourth-order valence-corrected chi connectivity index (χ4v) is 1.36. The minimum absolute atomic E-state index is 0.0625. The number of nitrogens with one attached hydrogen (secondary N) is 2. The van der Waals surface area contributed by atoms with Crippen molar-refractivity contribution in [1.29, 1.82) is 10.8 Å². The van der Waals surface area contributed by atoms with Gasteiger partial charge in [-0.25, -0.2) is 0 Å². The summed E-state index contributed by atoms with van der Waals surface area (Å²) in [6, 6.07) is 0. The Morgan fingerprint density at radius 2 is 2.14 bits per heavy atom. The average Bonchev–Trinajstić information content (AvgIpc) is 2.22. The highest BCUT2D eigenvalue weighted by molar-refractivity contribution is 5.85. The van der Waals surface area contributed by atoms with Gasteiger partial charge in [0.2, 0.25) is 0 Å². The van der Waals surface area contributed by atoms with E-state index in [0.717, 1.165) is 25.7 Å². The summed E-state index contributed by atoms with van der Waals surface area (Å²) >= 11 is 0. The molecule has 0 bridgehead atoms. The first-order valence-corrected chi connectivity index (χ1v) is 5.24. The lowest BCUT2D eigenvalue weighted by atomic mass is 9.95. The van der Waals surface area contributed by atoms with E-state index in [1.807, 2.05) is 6.92 Å². The van der Waals surface area contributed by atoms with Crippen molar-refractivity contribution in [2.24, 2.45) is 5.92 Å². The molecule has 0 saturated heterocycles. The van der Waals surface area contributed by atoms with E-state index in [1.165, 1.54) is 6.21 Å². The molecular formula is C11H22N2O. The molecule has 0 spiro atoms. The fourth-order valence-electron chi connectivity index (χ4n) is 1.36. The maximum absolute atomic E-state index is 7.71. The van der Waals surface area contributed by atoms with Gasteiger partial charge in [0.25, 0.3) is 0 Å². The Morgan fingerprint density at radius 1 is 1.50 bits per heavy atom. The summed E-state index contributed by atoms with van der Waals surface area (Å²) in [4.78, 5) is 0. The zero-order valence-corrected chi connectivity index (χ0v) is 9.47. The van der Waals surface area contributed by atoms with Gasteiger partial charge in [-0.1, -0.05) is 13.3 Å². The summed E-state index contributed by atoms with van der Waals surface area (Å²) in [5.74, 6) is 0.553. The van der Waals surface area contributed by atoms with Gasteiger partial charge in [-0.2, -0.15) is 0 Å². The molecule has 0 aromatic rings. The van der Waals surface area contributed by atoms with Gasteiger partial charge < -0.3 is 15.6 Å². The molecular weight excluding hydrogens is 176 g/mol. The molecule has 0 saturated carbocycles. The largest absolute Gasteiger partial charge is 0.376 e. The summed E-state index contributed by atoms with van der Waals surface area (Å²) in [7, 11) is 1.63. The Hall–Kier alpha value is -0.700. The minimum atomic E-state index is -0.0625. The van der Waals surface area contributed by atoms with E-state index in [0.29, 0.717) is 11.6 Å². The molecule has 0 heterocycles. The van der Waals surface area contributed by atoms with Gasteiger partial charge in [0.15, 0.2) is 0 Å². The normalized spacial score (nSPS) is 14.8. The lowest BCUT2D eigenvalue weighted by Crippen LogP contribution is -2.19. The van der Waals surface area contributed by atoms with E-state index >= 15 is 0 Å². The third kappa shape index (κ3) is 5.12.